The van der Waals surface area contributed by atoms with Gasteiger partial charge in [-0.1, -0.05) is 18.2 Å². The van der Waals surface area contributed by atoms with Crippen molar-refractivity contribution in [3.8, 4) is 0 Å². The second kappa shape index (κ2) is 4.55. The molecule has 1 unspecified atom stereocenters. The van der Waals surface area contributed by atoms with E-state index in [1.54, 1.807) is 11.3 Å². The molecule has 0 amide bonds. The van der Waals surface area contributed by atoms with Gasteiger partial charge in [-0.3, -0.25) is 0 Å². The van der Waals surface area contributed by atoms with Crippen molar-refractivity contribution >= 4 is 21.4 Å². The quantitative estimate of drug-likeness (QED) is 0.782. The molecular weight excluding hydrogens is 242 g/mol. The Bertz CT molecular complexity index is 668. The zero-order chi connectivity index (χ0) is 12.5. The Morgan fingerprint density at radius 2 is 2.17 bits per heavy atom. The van der Waals surface area contributed by atoms with Crippen molar-refractivity contribution in [2.75, 3.05) is 7.05 Å². The number of hydrogen-bond donors (Lipinski definition) is 1. The van der Waals surface area contributed by atoms with Crippen LogP contribution in [0.1, 0.15) is 17.4 Å². The summed E-state index contributed by atoms with van der Waals surface area (Å²) in [7, 11) is 4.01. The van der Waals surface area contributed by atoms with Gasteiger partial charge in [0.05, 0.1) is 6.04 Å². The Morgan fingerprint density at radius 1 is 1.33 bits per heavy atom. The van der Waals surface area contributed by atoms with Gasteiger partial charge in [-0.05, 0) is 29.4 Å². The van der Waals surface area contributed by atoms with Crippen LogP contribution in [0.4, 0.5) is 0 Å². The number of rotatable bonds is 3. The zero-order valence-electron chi connectivity index (χ0n) is 10.4. The molecule has 18 heavy (non-hydrogen) atoms. The first-order valence-corrected chi connectivity index (χ1v) is 6.80. The lowest BCUT2D eigenvalue weighted by atomic mass is 10.1. The zero-order valence-corrected chi connectivity index (χ0v) is 11.2. The van der Waals surface area contributed by atoms with Crippen LogP contribution in [-0.2, 0) is 7.05 Å². The van der Waals surface area contributed by atoms with Crippen LogP contribution in [0.2, 0.25) is 0 Å². The van der Waals surface area contributed by atoms with Gasteiger partial charge in [0.1, 0.15) is 5.82 Å². The Kier molecular flexibility index (Phi) is 2.89. The van der Waals surface area contributed by atoms with Crippen molar-refractivity contribution in [1.82, 2.24) is 14.9 Å². The molecule has 0 saturated heterocycles. The molecular formula is C14H15N3S. The molecule has 1 atom stereocenters. The van der Waals surface area contributed by atoms with Crippen molar-refractivity contribution in [2.45, 2.75) is 6.04 Å². The number of hydrogen-bond acceptors (Lipinski definition) is 3. The van der Waals surface area contributed by atoms with Gasteiger partial charge in [0.2, 0.25) is 0 Å². The van der Waals surface area contributed by atoms with Crippen LogP contribution in [-0.4, -0.2) is 16.6 Å². The highest BCUT2D eigenvalue weighted by atomic mass is 32.1. The van der Waals surface area contributed by atoms with Gasteiger partial charge in [0, 0.05) is 24.1 Å². The summed E-state index contributed by atoms with van der Waals surface area (Å²) in [5, 5.41) is 6.90. The molecule has 0 aliphatic rings. The Morgan fingerprint density at radius 3 is 2.89 bits per heavy atom. The maximum atomic E-state index is 4.45. The Balaban J connectivity index is 2.15. The fourth-order valence-electron chi connectivity index (χ4n) is 2.30. The molecule has 3 nitrogen and oxygen atoms in total. The minimum absolute atomic E-state index is 0.140. The second-order valence-electron chi connectivity index (χ2n) is 4.31. The van der Waals surface area contributed by atoms with Gasteiger partial charge in [0.15, 0.2) is 0 Å². The van der Waals surface area contributed by atoms with E-state index in [0.29, 0.717) is 0 Å². The van der Waals surface area contributed by atoms with Crippen LogP contribution < -0.4 is 5.32 Å². The summed E-state index contributed by atoms with van der Waals surface area (Å²) in [6, 6.07) is 8.64. The third kappa shape index (κ3) is 1.74. The summed E-state index contributed by atoms with van der Waals surface area (Å²) in [6.07, 6.45) is 3.82. The molecule has 1 aromatic carbocycles. The molecule has 4 heteroatoms. The fraction of sp³-hybridized carbons (Fsp3) is 0.214. The van der Waals surface area contributed by atoms with Gasteiger partial charge >= 0.3 is 0 Å². The van der Waals surface area contributed by atoms with E-state index in [1.165, 1.54) is 15.6 Å². The van der Waals surface area contributed by atoms with Crippen LogP contribution in [0.25, 0.3) is 10.1 Å². The molecule has 0 bridgehead atoms. The Labute approximate surface area is 110 Å². The number of nitrogens with one attached hydrogen (secondary N) is 1. The van der Waals surface area contributed by atoms with E-state index in [9.17, 15) is 0 Å². The lowest BCUT2D eigenvalue weighted by Crippen LogP contribution is -2.20. The monoisotopic (exact) mass is 257 g/mol. The van der Waals surface area contributed by atoms with Crippen LogP contribution in [0, 0.1) is 0 Å². The first-order valence-electron chi connectivity index (χ1n) is 5.92. The van der Waals surface area contributed by atoms with Crippen molar-refractivity contribution in [2.24, 2.45) is 7.05 Å². The molecule has 0 spiro atoms. The number of thiophene rings is 1. The SMILES string of the molecule is CNC(c1csc2ccccc12)c1nccn1C. The van der Waals surface area contributed by atoms with Crippen molar-refractivity contribution in [3.05, 3.63) is 53.4 Å². The number of aryl methyl sites for hydroxylation is 1. The minimum atomic E-state index is 0.140. The molecule has 0 aliphatic heterocycles. The normalized spacial score (nSPS) is 13.0. The lowest BCUT2D eigenvalue weighted by Gasteiger charge is -2.15. The van der Waals surface area contributed by atoms with E-state index in [0.717, 1.165) is 5.82 Å². The minimum Gasteiger partial charge on any atom is -0.336 e. The Hall–Kier alpha value is -1.65. The molecule has 0 fully saturated rings. The molecule has 1 N–H and O–H groups in total. The van der Waals surface area contributed by atoms with E-state index in [-0.39, 0.29) is 6.04 Å². The van der Waals surface area contributed by atoms with Gasteiger partial charge in [-0.2, -0.15) is 0 Å². The average molecular weight is 257 g/mol. The molecule has 0 radical (unpaired) electrons. The summed E-state index contributed by atoms with van der Waals surface area (Å²) >= 11 is 1.78. The summed E-state index contributed by atoms with van der Waals surface area (Å²) < 4.78 is 3.38. The van der Waals surface area contributed by atoms with Crippen LogP contribution in [0.3, 0.4) is 0 Å². The van der Waals surface area contributed by atoms with Gasteiger partial charge in [-0.15, -0.1) is 11.3 Å². The summed E-state index contributed by atoms with van der Waals surface area (Å²) in [5.74, 6) is 1.04. The molecule has 3 rings (SSSR count). The summed E-state index contributed by atoms with van der Waals surface area (Å²) in [4.78, 5) is 4.45. The molecule has 92 valence electrons. The number of aromatic nitrogens is 2. The number of imidazole rings is 1. The predicted octanol–water partition coefficient (Wildman–Crippen LogP) is 2.94. The molecule has 2 heterocycles. The highest BCUT2D eigenvalue weighted by Crippen LogP contribution is 2.32. The first-order chi connectivity index (χ1) is 8.81. The summed E-state index contributed by atoms with van der Waals surface area (Å²) in [6.45, 7) is 0. The molecule has 0 aliphatic carbocycles. The maximum Gasteiger partial charge on any atom is 0.130 e. The maximum absolute atomic E-state index is 4.45. The third-order valence-electron chi connectivity index (χ3n) is 3.23. The van der Waals surface area contributed by atoms with Crippen LogP contribution >= 0.6 is 11.3 Å². The number of fused-ring (bicyclic) bond motifs is 1. The third-order valence-corrected chi connectivity index (χ3v) is 4.21. The first kappa shape index (κ1) is 11.4. The number of nitrogens with zero attached hydrogens (tertiary/aromatic N) is 2. The largest absolute Gasteiger partial charge is 0.336 e. The van der Waals surface area contributed by atoms with E-state index in [4.69, 9.17) is 0 Å². The average Bonchev–Trinajstić information content (AvgIpc) is 2.99. The van der Waals surface area contributed by atoms with Crippen molar-refractivity contribution in [3.63, 3.8) is 0 Å². The van der Waals surface area contributed by atoms with Gasteiger partial charge in [0.25, 0.3) is 0 Å². The van der Waals surface area contributed by atoms with Crippen molar-refractivity contribution in [1.29, 1.82) is 0 Å². The van der Waals surface area contributed by atoms with Crippen molar-refractivity contribution < 1.29 is 0 Å². The topological polar surface area (TPSA) is 29.9 Å². The highest BCUT2D eigenvalue weighted by Gasteiger charge is 2.19. The lowest BCUT2D eigenvalue weighted by molar-refractivity contribution is 0.622. The van der Waals surface area contributed by atoms with Crippen LogP contribution in [0.15, 0.2) is 42.0 Å². The van der Waals surface area contributed by atoms with E-state index < -0.39 is 0 Å². The number of benzene rings is 1. The standard InChI is InChI=1S/C14H15N3S/c1-15-13(14-16-7-8-17(14)2)11-9-18-12-6-4-3-5-10(11)12/h3-9,13,15H,1-2H3. The van der Waals surface area contributed by atoms with Crippen LogP contribution in [0.5, 0.6) is 0 Å². The van der Waals surface area contributed by atoms with Gasteiger partial charge in [-0.25, -0.2) is 4.98 Å². The second-order valence-corrected chi connectivity index (χ2v) is 5.22. The van der Waals surface area contributed by atoms with Gasteiger partial charge < -0.3 is 9.88 Å². The molecule has 3 aromatic rings. The molecule has 2 aromatic heterocycles. The summed E-state index contributed by atoms with van der Waals surface area (Å²) in [5.41, 5.74) is 1.30. The fourth-order valence-corrected chi connectivity index (χ4v) is 3.29. The van der Waals surface area contributed by atoms with E-state index in [1.807, 2.05) is 26.5 Å². The smallest absolute Gasteiger partial charge is 0.130 e. The van der Waals surface area contributed by atoms with E-state index in [2.05, 4.69) is 44.5 Å². The predicted molar refractivity (Wildman–Crippen MR) is 75.9 cm³/mol. The van der Waals surface area contributed by atoms with E-state index >= 15 is 0 Å². The molecule has 0 saturated carbocycles. The highest BCUT2D eigenvalue weighted by molar-refractivity contribution is 7.17.